The summed E-state index contributed by atoms with van der Waals surface area (Å²) in [5.41, 5.74) is 6.63. The van der Waals surface area contributed by atoms with Crippen LogP contribution in [0.3, 0.4) is 0 Å². The van der Waals surface area contributed by atoms with Crippen LogP contribution in [0.2, 0.25) is 5.02 Å². The van der Waals surface area contributed by atoms with Gasteiger partial charge in [0.2, 0.25) is 17.7 Å². The van der Waals surface area contributed by atoms with Crippen molar-refractivity contribution in [3.63, 3.8) is 0 Å². The molecule has 0 fully saturated rings. The first-order chi connectivity index (χ1) is 14.2. The maximum Gasteiger partial charge on any atom is 0.243 e. The highest BCUT2D eigenvalue weighted by atomic mass is 35.5. The van der Waals surface area contributed by atoms with Crippen LogP contribution in [-0.4, -0.2) is 36.9 Å². The van der Waals surface area contributed by atoms with Gasteiger partial charge in [0.25, 0.3) is 0 Å². The van der Waals surface area contributed by atoms with Crippen LogP contribution in [0.15, 0.2) is 42.5 Å². The van der Waals surface area contributed by atoms with E-state index in [9.17, 15) is 18.8 Å². The number of hydrogen-bond acceptors (Lipinski definition) is 4. The first-order valence-corrected chi connectivity index (χ1v) is 9.51. The molecule has 2 rings (SSSR count). The predicted octanol–water partition coefficient (Wildman–Crippen LogP) is 1.75. The second kappa shape index (κ2) is 10.6. The molecule has 9 heteroatoms. The predicted molar refractivity (Wildman–Crippen MR) is 111 cm³/mol. The zero-order valence-corrected chi connectivity index (χ0v) is 17.3. The van der Waals surface area contributed by atoms with Crippen LogP contribution in [0.5, 0.6) is 5.75 Å². The van der Waals surface area contributed by atoms with Gasteiger partial charge in [0.05, 0.1) is 12.1 Å². The molecule has 2 aromatic carbocycles. The molecule has 0 aromatic heterocycles. The molecule has 160 valence electrons. The molecule has 0 spiro atoms. The van der Waals surface area contributed by atoms with E-state index in [2.05, 4.69) is 10.6 Å². The summed E-state index contributed by atoms with van der Waals surface area (Å²) in [5.74, 6) is -1.79. The Morgan fingerprint density at radius 2 is 1.73 bits per heavy atom. The van der Waals surface area contributed by atoms with Gasteiger partial charge in [-0.05, 0) is 35.4 Å². The van der Waals surface area contributed by atoms with Gasteiger partial charge in [-0.15, -0.1) is 0 Å². The lowest BCUT2D eigenvalue weighted by Gasteiger charge is -2.22. The highest BCUT2D eigenvalue weighted by molar-refractivity contribution is 6.32. The Hall–Kier alpha value is -3.13. The highest BCUT2D eigenvalue weighted by Gasteiger charge is 2.26. The van der Waals surface area contributed by atoms with E-state index in [0.717, 1.165) is 0 Å². The van der Waals surface area contributed by atoms with E-state index in [1.807, 2.05) is 0 Å². The van der Waals surface area contributed by atoms with Gasteiger partial charge in [-0.2, -0.15) is 0 Å². The maximum atomic E-state index is 13.5. The summed E-state index contributed by atoms with van der Waals surface area (Å²) in [6.07, 6.45) is 0.139. The van der Waals surface area contributed by atoms with Gasteiger partial charge in [0.15, 0.2) is 0 Å². The van der Waals surface area contributed by atoms with Gasteiger partial charge in [-0.1, -0.05) is 29.8 Å². The normalized spacial score (nSPS) is 12.5. The number of carbonyl (C=O) groups is 3. The molecule has 0 aliphatic heterocycles. The molecule has 0 aliphatic rings. The summed E-state index contributed by atoms with van der Waals surface area (Å²) < 4.78 is 18.5. The number of carbonyl (C=O) groups excluding carboxylic acids is 3. The van der Waals surface area contributed by atoms with E-state index in [1.165, 1.54) is 32.2 Å². The molecular weight excluding hydrogens is 413 g/mol. The molecular formula is C21H23ClFN3O4. The third-order valence-corrected chi connectivity index (χ3v) is 4.63. The number of nitrogens with two attached hydrogens (primary N) is 1. The van der Waals surface area contributed by atoms with Crippen molar-refractivity contribution in [1.82, 2.24) is 10.6 Å². The van der Waals surface area contributed by atoms with Crippen LogP contribution in [0.1, 0.15) is 18.1 Å². The topological polar surface area (TPSA) is 111 Å². The van der Waals surface area contributed by atoms with Gasteiger partial charge in [-0.3, -0.25) is 14.4 Å². The molecule has 0 radical (unpaired) electrons. The Kier molecular flexibility index (Phi) is 8.17. The lowest BCUT2D eigenvalue weighted by molar-refractivity contribution is -0.130. The first-order valence-electron chi connectivity index (χ1n) is 9.13. The average molecular weight is 436 g/mol. The second-order valence-corrected chi connectivity index (χ2v) is 7.13. The van der Waals surface area contributed by atoms with E-state index in [1.54, 1.807) is 24.3 Å². The molecule has 2 atom stereocenters. The first kappa shape index (κ1) is 23.2. The van der Waals surface area contributed by atoms with Crippen LogP contribution in [-0.2, 0) is 27.2 Å². The monoisotopic (exact) mass is 435 g/mol. The molecule has 7 nitrogen and oxygen atoms in total. The zero-order chi connectivity index (χ0) is 22.3. The SMILES string of the molecule is COc1ccc(C[C@@H](NC(=O)[C@@H](Cc2cccc(F)c2)NC(C)=O)C(N)=O)cc1Cl. The number of hydrogen-bond donors (Lipinski definition) is 3. The van der Waals surface area contributed by atoms with Crippen molar-refractivity contribution in [2.45, 2.75) is 31.8 Å². The fraction of sp³-hybridized carbons (Fsp3) is 0.286. The fourth-order valence-electron chi connectivity index (χ4n) is 2.92. The quantitative estimate of drug-likeness (QED) is 0.557. The minimum atomic E-state index is -1.04. The Morgan fingerprint density at radius 1 is 1.07 bits per heavy atom. The van der Waals surface area contributed by atoms with Crippen molar-refractivity contribution in [3.8, 4) is 5.75 Å². The van der Waals surface area contributed by atoms with Gasteiger partial charge in [0, 0.05) is 19.8 Å². The minimum Gasteiger partial charge on any atom is -0.495 e. The number of halogens is 2. The zero-order valence-electron chi connectivity index (χ0n) is 16.6. The number of nitrogens with one attached hydrogen (secondary N) is 2. The lowest BCUT2D eigenvalue weighted by Crippen LogP contribution is -2.54. The number of methoxy groups -OCH3 is 1. The third-order valence-electron chi connectivity index (χ3n) is 4.34. The van der Waals surface area contributed by atoms with E-state index in [0.29, 0.717) is 21.9 Å². The summed E-state index contributed by atoms with van der Waals surface area (Å²) in [6, 6.07) is 8.60. The highest BCUT2D eigenvalue weighted by Crippen LogP contribution is 2.25. The van der Waals surface area contributed by atoms with Gasteiger partial charge in [0.1, 0.15) is 23.7 Å². The maximum absolute atomic E-state index is 13.5. The molecule has 0 saturated heterocycles. The average Bonchev–Trinajstić information content (AvgIpc) is 2.66. The molecule has 2 aromatic rings. The summed E-state index contributed by atoms with van der Waals surface area (Å²) in [7, 11) is 1.48. The molecule has 0 aliphatic carbocycles. The van der Waals surface area contributed by atoms with Crippen molar-refractivity contribution in [2.75, 3.05) is 7.11 Å². The molecule has 30 heavy (non-hydrogen) atoms. The largest absolute Gasteiger partial charge is 0.495 e. The number of primary amides is 1. The minimum absolute atomic E-state index is 0.0447. The summed E-state index contributed by atoms with van der Waals surface area (Å²) in [4.78, 5) is 36.2. The molecule has 3 amide bonds. The van der Waals surface area contributed by atoms with Gasteiger partial charge in [-0.25, -0.2) is 4.39 Å². The van der Waals surface area contributed by atoms with Crippen molar-refractivity contribution < 1.29 is 23.5 Å². The summed E-state index contributed by atoms with van der Waals surface area (Å²) in [5, 5.41) is 5.43. The van der Waals surface area contributed by atoms with E-state index in [-0.39, 0.29) is 12.8 Å². The van der Waals surface area contributed by atoms with E-state index < -0.39 is 35.6 Å². The molecule has 0 bridgehead atoms. The van der Waals surface area contributed by atoms with Crippen LogP contribution < -0.4 is 21.1 Å². The van der Waals surface area contributed by atoms with Crippen LogP contribution >= 0.6 is 11.6 Å². The second-order valence-electron chi connectivity index (χ2n) is 6.72. The molecule has 0 unspecified atom stereocenters. The molecule has 4 N–H and O–H groups in total. The van der Waals surface area contributed by atoms with Crippen LogP contribution in [0.25, 0.3) is 0 Å². The van der Waals surface area contributed by atoms with E-state index >= 15 is 0 Å². The molecule has 0 saturated carbocycles. The molecule has 0 heterocycles. The number of benzene rings is 2. The standard InChI is InChI=1S/C21H23ClFN3O4/c1-12(27)25-18(11-13-4-3-5-15(23)8-13)21(29)26-17(20(24)28)10-14-6-7-19(30-2)16(22)9-14/h3-9,17-18H,10-11H2,1-2H3,(H2,24,28)(H,25,27)(H,26,29)/t17-,18-/m1/s1. The summed E-state index contributed by atoms with van der Waals surface area (Å²) >= 11 is 6.10. The lowest BCUT2D eigenvalue weighted by atomic mass is 10.0. The van der Waals surface area contributed by atoms with Gasteiger partial charge >= 0.3 is 0 Å². The van der Waals surface area contributed by atoms with Crippen molar-refractivity contribution in [3.05, 3.63) is 64.4 Å². The number of amides is 3. The Balaban J connectivity index is 2.15. The van der Waals surface area contributed by atoms with Crippen molar-refractivity contribution in [2.24, 2.45) is 5.73 Å². The van der Waals surface area contributed by atoms with Gasteiger partial charge < -0.3 is 21.1 Å². The summed E-state index contributed by atoms with van der Waals surface area (Å²) in [6.45, 7) is 1.26. The number of ether oxygens (including phenoxy) is 1. The van der Waals surface area contributed by atoms with Crippen LogP contribution in [0.4, 0.5) is 4.39 Å². The Morgan fingerprint density at radius 3 is 2.30 bits per heavy atom. The smallest absolute Gasteiger partial charge is 0.243 e. The van der Waals surface area contributed by atoms with Crippen molar-refractivity contribution in [1.29, 1.82) is 0 Å². The fourth-order valence-corrected chi connectivity index (χ4v) is 3.20. The van der Waals surface area contributed by atoms with E-state index in [4.69, 9.17) is 22.1 Å². The van der Waals surface area contributed by atoms with Crippen LogP contribution in [0, 0.1) is 5.82 Å². The van der Waals surface area contributed by atoms with Crippen molar-refractivity contribution >= 4 is 29.3 Å². The third kappa shape index (κ3) is 6.73. The Labute approximate surface area is 178 Å². The Bertz CT molecular complexity index is 938. The number of rotatable bonds is 9.